The zero-order valence-corrected chi connectivity index (χ0v) is 16.3. The van der Waals surface area contributed by atoms with Crippen LogP contribution in [0.25, 0.3) is 6.08 Å². The third kappa shape index (κ3) is 4.20. The molecule has 1 aliphatic heterocycles. The molecule has 0 bridgehead atoms. The van der Waals surface area contributed by atoms with Crippen molar-refractivity contribution in [3.63, 3.8) is 0 Å². The number of thioether (sulfide) groups is 1. The van der Waals surface area contributed by atoms with Crippen molar-refractivity contribution in [2.45, 2.75) is 13.3 Å². The molecule has 1 fully saturated rings. The second-order valence-electron chi connectivity index (χ2n) is 5.86. The van der Waals surface area contributed by atoms with Crippen LogP contribution in [0.4, 0.5) is 11.4 Å². The SMILES string of the molecule is CCc1ccc(N=C2S/C(=C/c3ccc(Cl)c([N+](=O)[O-])c3)C(=O)N2C)cc1. The molecule has 27 heavy (non-hydrogen) atoms. The highest BCUT2D eigenvalue weighted by atomic mass is 35.5. The topological polar surface area (TPSA) is 75.8 Å². The van der Waals surface area contributed by atoms with Crippen LogP contribution in [0.2, 0.25) is 5.02 Å². The van der Waals surface area contributed by atoms with Gasteiger partial charge in [0.05, 0.1) is 15.5 Å². The summed E-state index contributed by atoms with van der Waals surface area (Å²) in [7, 11) is 1.65. The van der Waals surface area contributed by atoms with Gasteiger partial charge in [0.15, 0.2) is 5.17 Å². The molecule has 2 aromatic rings. The number of amidine groups is 1. The monoisotopic (exact) mass is 401 g/mol. The van der Waals surface area contributed by atoms with Gasteiger partial charge in [0.25, 0.3) is 11.6 Å². The lowest BCUT2D eigenvalue weighted by Gasteiger charge is -2.07. The number of carbonyl (C=O) groups excluding carboxylic acids is 1. The summed E-state index contributed by atoms with van der Waals surface area (Å²) in [6, 6.07) is 12.3. The zero-order valence-electron chi connectivity index (χ0n) is 14.7. The Morgan fingerprint density at radius 3 is 2.59 bits per heavy atom. The molecule has 6 nitrogen and oxygen atoms in total. The first kappa shape index (κ1) is 19.1. The number of benzene rings is 2. The summed E-state index contributed by atoms with van der Waals surface area (Å²) in [6.07, 6.45) is 2.56. The average molecular weight is 402 g/mol. The lowest BCUT2D eigenvalue weighted by molar-refractivity contribution is -0.384. The van der Waals surface area contributed by atoms with Gasteiger partial charge < -0.3 is 0 Å². The summed E-state index contributed by atoms with van der Waals surface area (Å²) >= 11 is 7.06. The molecule has 1 saturated heterocycles. The minimum atomic E-state index is -0.549. The third-order valence-corrected chi connectivity index (χ3v) is 5.42. The predicted molar refractivity (Wildman–Crippen MR) is 109 cm³/mol. The fraction of sp³-hybridized carbons (Fsp3) is 0.158. The van der Waals surface area contributed by atoms with Crippen molar-refractivity contribution >= 4 is 51.9 Å². The molecule has 1 heterocycles. The number of nitrogens with zero attached hydrogens (tertiary/aromatic N) is 3. The normalized spacial score (nSPS) is 17.1. The lowest BCUT2D eigenvalue weighted by Crippen LogP contribution is -2.23. The molecule has 0 spiro atoms. The van der Waals surface area contributed by atoms with Crippen molar-refractivity contribution in [3.8, 4) is 0 Å². The van der Waals surface area contributed by atoms with E-state index in [4.69, 9.17) is 11.6 Å². The van der Waals surface area contributed by atoms with E-state index in [9.17, 15) is 14.9 Å². The molecule has 3 rings (SSSR count). The van der Waals surface area contributed by atoms with E-state index in [0.717, 1.165) is 12.1 Å². The van der Waals surface area contributed by atoms with E-state index in [-0.39, 0.29) is 16.6 Å². The molecule has 138 valence electrons. The van der Waals surface area contributed by atoms with Crippen LogP contribution < -0.4 is 0 Å². The molecule has 1 amide bonds. The number of aryl methyl sites for hydroxylation is 1. The van der Waals surface area contributed by atoms with Crippen molar-refractivity contribution in [3.05, 3.63) is 73.6 Å². The van der Waals surface area contributed by atoms with Crippen LogP contribution in [0.15, 0.2) is 52.4 Å². The second-order valence-corrected chi connectivity index (χ2v) is 7.27. The fourth-order valence-corrected chi connectivity index (χ4v) is 3.65. The van der Waals surface area contributed by atoms with Gasteiger partial charge in [-0.2, -0.15) is 0 Å². The maximum Gasteiger partial charge on any atom is 0.288 e. The molecule has 0 atom stereocenters. The van der Waals surface area contributed by atoms with Gasteiger partial charge >= 0.3 is 0 Å². The number of halogens is 1. The number of aliphatic imine (C=N–C) groups is 1. The highest BCUT2D eigenvalue weighted by molar-refractivity contribution is 8.18. The van der Waals surface area contributed by atoms with Crippen molar-refractivity contribution in [2.24, 2.45) is 4.99 Å². The maximum absolute atomic E-state index is 12.5. The van der Waals surface area contributed by atoms with E-state index >= 15 is 0 Å². The van der Waals surface area contributed by atoms with Crippen LogP contribution in [0.5, 0.6) is 0 Å². The molecule has 0 radical (unpaired) electrons. The molecule has 0 saturated carbocycles. The van der Waals surface area contributed by atoms with E-state index in [2.05, 4.69) is 11.9 Å². The van der Waals surface area contributed by atoms with Gasteiger partial charge in [0.2, 0.25) is 0 Å². The van der Waals surface area contributed by atoms with Gasteiger partial charge in [-0.15, -0.1) is 0 Å². The number of rotatable bonds is 4. The van der Waals surface area contributed by atoms with Crippen LogP contribution in [-0.2, 0) is 11.2 Å². The van der Waals surface area contributed by atoms with Crippen LogP contribution in [0.1, 0.15) is 18.1 Å². The summed E-state index contributed by atoms with van der Waals surface area (Å²) in [5.41, 5.74) is 2.31. The van der Waals surface area contributed by atoms with Gasteiger partial charge in [-0.25, -0.2) is 4.99 Å². The van der Waals surface area contributed by atoms with E-state index in [0.29, 0.717) is 15.6 Å². The molecule has 0 N–H and O–H groups in total. The van der Waals surface area contributed by atoms with E-state index in [1.165, 1.54) is 34.4 Å². The summed E-state index contributed by atoms with van der Waals surface area (Å²) in [5, 5.41) is 11.6. The molecule has 0 unspecified atom stereocenters. The summed E-state index contributed by atoms with van der Waals surface area (Å²) in [4.78, 5) is 29.4. The average Bonchev–Trinajstić information content (AvgIpc) is 2.91. The molecular formula is C19H16ClN3O3S. The Morgan fingerprint density at radius 2 is 1.96 bits per heavy atom. The number of likely N-dealkylation sites (N-methyl/N-ethyl adjacent to an activating group) is 1. The lowest BCUT2D eigenvalue weighted by atomic mass is 10.2. The van der Waals surface area contributed by atoms with Gasteiger partial charge in [-0.05, 0) is 53.6 Å². The quantitative estimate of drug-likeness (QED) is 0.408. The second kappa shape index (κ2) is 7.94. The molecular weight excluding hydrogens is 386 g/mol. The highest BCUT2D eigenvalue weighted by Crippen LogP contribution is 2.34. The van der Waals surface area contributed by atoms with Crippen LogP contribution in [-0.4, -0.2) is 27.9 Å². The minimum absolute atomic E-state index is 0.0578. The Bertz CT molecular complexity index is 971. The number of nitro groups is 1. The van der Waals surface area contributed by atoms with Gasteiger partial charge in [-0.1, -0.05) is 36.7 Å². The Hall–Kier alpha value is -2.64. The first-order chi connectivity index (χ1) is 12.9. The zero-order chi connectivity index (χ0) is 19.6. The first-order valence-corrected chi connectivity index (χ1v) is 9.37. The number of nitro benzene ring substituents is 1. The van der Waals surface area contributed by atoms with Gasteiger partial charge in [0, 0.05) is 13.1 Å². The van der Waals surface area contributed by atoms with Crippen molar-refractivity contribution in [2.75, 3.05) is 7.05 Å². The van der Waals surface area contributed by atoms with Crippen molar-refractivity contribution in [1.29, 1.82) is 0 Å². The van der Waals surface area contributed by atoms with E-state index in [1.807, 2.05) is 24.3 Å². The summed E-state index contributed by atoms with van der Waals surface area (Å²) < 4.78 is 0. The highest BCUT2D eigenvalue weighted by Gasteiger charge is 2.30. The third-order valence-electron chi connectivity index (χ3n) is 4.04. The fourth-order valence-electron chi connectivity index (χ4n) is 2.48. The Morgan fingerprint density at radius 1 is 1.26 bits per heavy atom. The van der Waals surface area contributed by atoms with Crippen LogP contribution >= 0.6 is 23.4 Å². The Balaban J connectivity index is 1.89. The Kier molecular flexibility index (Phi) is 5.62. The molecule has 0 aromatic heterocycles. The molecule has 1 aliphatic rings. The summed E-state index contributed by atoms with van der Waals surface area (Å²) in [6.45, 7) is 2.08. The van der Waals surface area contributed by atoms with E-state index in [1.54, 1.807) is 19.2 Å². The van der Waals surface area contributed by atoms with Crippen LogP contribution in [0, 0.1) is 10.1 Å². The number of hydrogen-bond donors (Lipinski definition) is 0. The van der Waals surface area contributed by atoms with Gasteiger partial charge in [0.1, 0.15) is 5.02 Å². The molecule has 0 aliphatic carbocycles. The smallest absolute Gasteiger partial charge is 0.288 e. The molecule has 2 aromatic carbocycles. The van der Waals surface area contributed by atoms with Crippen LogP contribution in [0.3, 0.4) is 0 Å². The number of hydrogen-bond acceptors (Lipinski definition) is 5. The predicted octanol–water partition coefficient (Wildman–Crippen LogP) is 5.04. The molecule has 8 heteroatoms. The number of amides is 1. The Labute approximate surface area is 165 Å². The maximum atomic E-state index is 12.5. The van der Waals surface area contributed by atoms with Gasteiger partial charge in [-0.3, -0.25) is 19.8 Å². The standard InChI is InChI=1S/C19H16ClN3O3S/c1-3-12-4-7-14(8-5-12)21-19-22(2)18(24)17(27-19)11-13-6-9-15(20)16(10-13)23(25)26/h4-11H,3H2,1-2H3/b17-11+,21-19?. The first-order valence-electron chi connectivity index (χ1n) is 8.18. The summed E-state index contributed by atoms with van der Waals surface area (Å²) in [5.74, 6) is -0.207. The van der Waals surface area contributed by atoms with E-state index < -0.39 is 4.92 Å². The van der Waals surface area contributed by atoms with Crippen molar-refractivity contribution in [1.82, 2.24) is 4.90 Å². The number of carbonyl (C=O) groups is 1. The minimum Gasteiger partial charge on any atom is -0.290 e. The largest absolute Gasteiger partial charge is 0.290 e. The van der Waals surface area contributed by atoms with Crippen molar-refractivity contribution < 1.29 is 9.72 Å².